The maximum Gasteiger partial charge on any atom is 0.192 e. The minimum Gasteiger partial charge on any atom is -0.484 e. The van der Waals surface area contributed by atoms with Gasteiger partial charge in [0.25, 0.3) is 0 Å². The van der Waals surface area contributed by atoms with Gasteiger partial charge in [-0.3, -0.25) is 0 Å². The number of rotatable bonds is 3. The molecule has 1 saturated carbocycles. The molecule has 0 unspecified atom stereocenters. The molecule has 3 nitrogen and oxygen atoms in total. The van der Waals surface area contributed by atoms with E-state index in [9.17, 15) is 0 Å². The molecule has 1 fully saturated rings. The lowest BCUT2D eigenvalue weighted by Crippen LogP contribution is -2.42. The molecule has 0 aromatic carbocycles. The molecule has 2 aliphatic rings. The van der Waals surface area contributed by atoms with E-state index in [1.807, 2.05) is 0 Å². The summed E-state index contributed by atoms with van der Waals surface area (Å²) in [6.07, 6.45) is 1.25. The van der Waals surface area contributed by atoms with Gasteiger partial charge in [0, 0.05) is 5.92 Å². The van der Waals surface area contributed by atoms with Crippen LogP contribution in [0.25, 0.3) is 0 Å². The van der Waals surface area contributed by atoms with Crippen LogP contribution in [0.15, 0.2) is 4.99 Å². The van der Waals surface area contributed by atoms with Gasteiger partial charge in [-0.1, -0.05) is 20.8 Å². The van der Waals surface area contributed by atoms with Crippen LogP contribution in [0.4, 0.5) is 0 Å². The Bertz CT molecular complexity index is 333. The van der Waals surface area contributed by atoms with Crippen molar-refractivity contribution in [2.75, 3.05) is 13.7 Å². The van der Waals surface area contributed by atoms with Crippen molar-refractivity contribution in [1.82, 2.24) is 0 Å². The van der Waals surface area contributed by atoms with E-state index in [4.69, 9.17) is 9.16 Å². The Kier molecular flexibility index (Phi) is 3.15. The third-order valence-electron chi connectivity index (χ3n) is 4.57. The van der Waals surface area contributed by atoms with E-state index in [0.717, 1.165) is 12.5 Å². The maximum absolute atomic E-state index is 6.24. The van der Waals surface area contributed by atoms with Crippen LogP contribution < -0.4 is 0 Å². The topological polar surface area (TPSA) is 30.8 Å². The zero-order valence-electron chi connectivity index (χ0n) is 11.9. The summed E-state index contributed by atoms with van der Waals surface area (Å²) < 4.78 is 11.5. The minimum absolute atomic E-state index is 0.280. The van der Waals surface area contributed by atoms with Crippen LogP contribution in [0.2, 0.25) is 18.1 Å². The van der Waals surface area contributed by atoms with Crippen LogP contribution in [-0.4, -0.2) is 34.0 Å². The molecule has 0 aromatic heterocycles. The molecule has 3 atom stereocenters. The number of fused-ring (bicyclic) bond motifs is 1. The van der Waals surface area contributed by atoms with E-state index < -0.39 is 8.32 Å². The van der Waals surface area contributed by atoms with Crippen LogP contribution in [0.5, 0.6) is 0 Å². The van der Waals surface area contributed by atoms with Crippen molar-refractivity contribution in [3.05, 3.63) is 0 Å². The molecule has 4 heteroatoms. The number of methoxy groups -OCH3 is 1. The van der Waals surface area contributed by atoms with E-state index in [-0.39, 0.29) is 5.04 Å². The predicted octanol–water partition coefficient (Wildman–Crippen LogP) is 3.07. The van der Waals surface area contributed by atoms with Gasteiger partial charge in [0.05, 0.1) is 19.8 Å². The molecule has 1 aliphatic carbocycles. The smallest absolute Gasteiger partial charge is 0.192 e. The molecule has 2 rings (SSSR count). The molecule has 0 amide bonds. The second-order valence-corrected chi connectivity index (χ2v) is 11.6. The molecule has 1 heterocycles. The summed E-state index contributed by atoms with van der Waals surface area (Å²) in [7, 11) is 0.102. The molecule has 0 bridgehead atoms. The van der Waals surface area contributed by atoms with Crippen molar-refractivity contribution in [3.8, 4) is 0 Å². The van der Waals surface area contributed by atoms with Gasteiger partial charge in [-0.05, 0) is 30.5 Å². The third-order valence-corrected chi connectivity index (χ3v) is 9.08. The molecule has 0 radical (unpaired) electrons. The Hall–Kier alpha value is -0.353. The van der Waals surface area contributed by atoms with E-state index in [1.54, 1.807) is 7.11 Å². The number of hydrogen-bond donors (Lipinski definition) is 0. The second kappa shape index (κ2) is 4.09. The Labute approximate surface area is 106 Å². The quantitative estimate of drug-likeness (QED) is 0.726. The van der Waals surface area contributed by atoms with Crippen LogP contribution >= 0.6 is 0 Å². The molecule has 0 spiro atoms. The first-order chi connectivity index (χ1) is 7.76. The molecule has 98 valence electrons. The highest BCUT2D eigenvalue weighted by atomic mass is 28.4. The van der Waals surface area contributed by atoms with E-state index >= 15 is 0 Å². The van der Waals surface area contributed by atoms with Crippen molar-refractivity contribution in [2.45, 2.75) is 51.4 Å². The van der Waals surface area contributed by atoms with Gasteiger partial charge in [-0.25, -0.2) is 4.99 Å². The summed E-state index contributed by atoms with van der Waals surface area (Å²) in [5.74, 6) is 2.27. The number of aliphatic imine (C=N–C) groups is 1. The fourth-order valence-corrected chi connectivity index (χ4v) is 3.17. The van der Waals surface area contributed by atoms with Crippen molar-refractivity contribution < 1.29 is 9.16 Å². The summed E-state index contributed by atoms with van der Waals surface area (Å²) in [5, 5.41) is 0.280. The van der Waals surface area contributed by atoms with E-state index in [2.05, 4.69) is 38.9 Å². The first-order valence-electron chi connectivity index (χ1n) is 6.52. The number of nitrogens with zero attached hydrogens (tertiary/aromatic N) is 1. The fraction of sp³-hybridized carbons (Fsp3) is 0.923. The zero-order valence-corrected chi connectivity index (χ0v) is 12.9. The van der Waals surface area contributed by atoms with E-state index in [1.165, 1.54) is 6.42 Å². The molecular formula is C13H25NO2Si. The lowest BCUT2D eigenvalue weighted by molar-refractivity contribution is 0.255. The lowest BCUT2D eigenvalue weighted by atomic mass is 10.2. The third kappa shape index (κ3) is 2.43. The van der Waals surface area contributed by atoms with Gasteiger partial charge in [0.15, 0.2) is 14.2 Å². The van der Waals surface area contributed by atoms with Gasteiger partial charge in [0.2, 0.25) is 0 Å². The van der Waals surface area contributed by atoms with Gasteiger partial charge < -0.3 is 9.16 Å². The number of ether oxygens (including phenoxy) is 1. The van der Waals surface area contributed by atoms with Gasteiger partial charge in [0.1, 0.15) is 0 Å². The largest absolute Gasteiger partial charge is 0.484 e. The molecule has 0 saturated heterocycles. The Morgan fingerprint density at radius 3 is 2.47 bits per heavy atom. The summed E-state index contributed by atoms with van der Waals surface area (Å²) >= 11 is 0. The van der Waals surface area contributed by atoms with Gasteiger partial charge in [-0.2, -0.15) is 0 Å². The standard InChI is InChI=1S/C13H25NO2Si/c1-13(2,3)17(5,6)16-8-11-9-7-10(9)12(14-11)15-4/h9-11H,7-8H2,1-6H3/t9-,10+,11+/m0/s1. The first-order valence-corrected chi connectivity index (χ1v) is 9.43. The van der Waals surface area contributed by atoms with Crippen LogP contribution in [0.3, 0.4) is 0 Å². The molecule has 1 aliphatic heterocycles. The van der Waals surface area contributed by atoms with Crippen LogP contribution in [-0.2, 0) is 9.16 Å². The predicted molar refractivity (Wildman–Crippen MR) is 73.0 cm³/mol. The van der Waals surface area contributed by atoms with Gasteiger partial charge in [-0.15, -0.1) is 0 Å². The summed E-state index contributed by atoms with van der Waals surface area (Å²) in [5.41, 5.74) is 0. The zero-order chi connectivity index (χ0) is 12.8. The van der Waals surface area contributed by atoms with Gasteiger partial charge >= 0.3 is 0 Å². The molecule has 17 heavy (non-hydrogen) atoms. The number of hydrogen-bond acceptors (Lipinski definition) is 3. The molecular weight excluding hydrogens is 230 g/mol. The first kappa shape index (κ1) is 13.1. The minimum atomic E-state index is -1.63. The molecule has 0 N–H and O–H groups in total. The SMILES string of the molecule is COC1=N[C@H](CO[Si](C)(C)C(C)(C)C)[C@H]2C[C@@H]12. The van der Waals surface area contributed by atoms with Crippen molar-refractivity contribution in [2.24, 2.45) is 16.8 Å². The van der Waals surface area contributed by atoms with Crippen LogP contribution in [0.1, 0.15) is 27.2 Å². The van der Waals surface area contributed by atoms with E-state index in [0.29, 0.717) is 17.9 Å². The fourth-order valence-electron chi connectivity index (χ4n) is 2.15. The van der Waals surface area contributed by atoms with Crippen molar-refractivity contribution >= 4 is 14.2 Å². The van der Waals surface area contributed by atoms with Crippen LogP contribution in [0, 0.1) is 11.8 Å². The summed E-state index contributed by atoms with van der Waals surface area (Å²) in [6.45, 7) is 12.2. The highest BCUT2D eigenvalue weighted by molar-refractivity contribution is 6.74. The monoisotopic (exact) mass is 255 g/mol. The van der Waals surface area contributed by atoms with Crippen molar-refractivity contribution in [1.29, 1.82) is 0 Å². The normalized spacial score (nSPS) is 32.1. The molecule has 0 aromatic rings. The highest BCUT2D eigenvalue weighted by Crippen LogP contribution is 2.49. The average molecular weight is 255 g/mol. The highest BCUT2D eigenvalue weighted by Gasteiger charge is 2.53. The maximum atomic E-state index is 6.24. The second-order valence-electron chi connectivity index (χ2n) is 6.82. The Morgan fingerprint density at radius 1 is 1.35 bits per heavy atom. The summed E-state index contributed by atoms with van der Waals surface area (Å²) in [6, 6.07) is 0.351. The average Bonchev–Trinajstić information content (AvgIpc) is 2.91. The van der Waals surface area contributed by atoms with Crippen molar-refractivity contribution in [3.63, 3.8) is 0 Å². The lowest BCUT2D eigenvalue weighted by Gasteiger charge is -2.36. The summed E-state index contributed by atoms with van der Waals surface area (Å²) in [4.78, 5) is 4.61. The Morgan fingerprint density at radius 2 is 2.00 bits per heavy atom. The Balaban J connectivity index is 1.90.